The summed E-state index contributed by atoms with van der Waals surface area (Å²) in [6.07, 6.45) is 4.52. The average Bonchev–Trinajstić information content (AvgIpc) is 2.94. The SMILES string of the molecule is Cn1c(C2CC2)cc2c(Br)ccnc21. The van der Waals surface area contributed by atoms with Gasteiger partial charge in [-0.2, -0.15) is 0 Å². The van der Waals surface area contributed by atoms with Crippen molar-refractivity contribution < 1.29 is 0 Å². The Morgan fingerprint density at radius 1 is 1.50 bits per heavy atom. The summed E-state index contributed by atoms with van der Waals surface area (Å²) in [7, 11) is 2.11. The monoisotopic (exact) mass is 250 g/mol. The number of nitrogens with zero attached hydrogens (tertiary/aromatic N) is 2. The van der Waals surface area contributed by atoms with Crippen molar-refractivity contribution in [3.05, 3.63) is 28.5 Å². The van der Waals surface area contributed by atoms with Gasteiger partial charge in [0.1, 0.15) is 5.65 Å². The van der Waals surface area contributed by atoms with Gasteiger partial charge in [0.15, 0.2) is 0 Å². The van der Waals surface area contributed by atoms with E-state index < -0.39 is 0 Å². The van der Waals surface area contributed by atoms with Crippen LogP contribution in [0.2, 0.25) is 0 Å². The van der Waals surface area contributed by atoms with Crippen LogP contribution in [0.5, 0.6) is 0 Å². The van der Waals surface area contributed by atoms with Crippen LogP contribution in [0.1, 0.15) is 24.5 Å². The normalized spacial score (nSPS) is 16.4. The van der Waals surface area contributed by atoms with Gasteiger partial charge in [0.2, 0.25) is 0 Å². The summed E-state index contributed by atoms with van der Waals surface area (Å²) in [5.41, 5.74) is 2.51. The summed E-state index contributed by atoms with van der Waals surface area (Å²) in [6.45, 7) is 0. The van der Waals surface area contributed by atoms with E-state index in [4.69, 9.17) is 0 Å². The van der Waals surface area contributed by atoms with Crippen molar-refractivity contribution in [1.82, 2.24) is 9.55 Å². The van der Waals surface area contributed by atoms with Crippen molar-refractivity contribution in [3.63, 3.8) is 0 Å². The molecule has 0 bridgehead atoms. The highest BCUT2D eigenvalue weighted by Gasteiger charge is 2.27. The molecule has 1 saturated carbocycles. The lowest BCUT2D eigenvalue weighted by molar-refractivity contribution is 0.846. The first-order valence-corrected chi connectivity index (χ1v) is 5.66. The Labute approximate surface area is 91.1 Å². The third-order valence-electron chi connectivity index (χ3n) is 2.91. The van der Waals surface area contributed by atoms with E-state index in [1.54, 1.807) is 0 Å². The molecule has 2 heterocycles. The second-order valence-corrected chi connectivity index (χ2v) is 4.79. The van der Waals surface area contributed by atoms with Gasteiger partial charge in [-0.15, -0.1) is 0 Å². The predicted molar refractivity (Wildman–Crippen MR) is 60.4 cm³/mol. The molecule has 3 heteroatoms. The maximum absolute atomic E-state index is 4.41. The zero-order valence-electron chi connectivity index (χ0n) is 8.00. The van der Waals surface area contributed by atoms with Crippen molar-refractivity contribution in [1.29, 1.82) is 0 Å². The van der Waals surface area contributed by atoms with Crippen LogP contribution in [-0.2, 0) is 7.05 Å². The summed E-state index contributed by atoms with van der Waals surface area (Å²) in [4.78, 5) is 4.41. The third-order valence-corrected chi connectivity index (χ3v) is 3.60. The van der Waals surface area contributed by atoms with E-state index in [-0.39, 0.29) is 0 Å². The van der Waals surface area contributed by atoms with Crippen LogP contribution in [0, 0.1) is 0 Å². The van der Waals surface area contributed by atoms with Gasteiger partial charge >= 0.3 is 0 Å². The minimum absolute atomic E-state index is 0.779. The average molecular weight is 251 g/mol. The van der Waals surface area contributed by atoms with Crippen LogP contribution < -0.4 is 0 Å². The largest absolute Gasteiger partial charge is 0.332 e. The van der Waals surface area contributed by atoms with Gasteiger partial charge in [-0.05, 0) is 46.8 Å². The van der Waals surface area contributed by atoms with E-state index in [9.17, 15) is 0 Å². The molecule has 0 amide bonds. The smallest absolute Gasteiger partial charge is 0.140 e. The van der Waals surface area contributed by atoms with Crippen molar-refractivity contribution >= 4 is 27.0 Å². The van der Waals surface area contributed by atoms with Crippen LogP contribution in [0.3, 0.4) is 0 Å². The molecule has 2 aromatic rings. The quantitative estimate of drug-likeness (QED) is 0.760. The second kappa shape index (κ2) is 2.83. The fourth-order valence-corrected chi connectivity index (χ4v) is 2.39. The maximum atomic E-state index is 4.41. The Balaban J connectivity index is 2.33. The number of aromatic nitrogens is 2. The van der Waals surface area contributed by atoms with E-state index in [0.29, 0.717) is 0 Å². The molecular formula is C11H11BrN2. The fourth-order valence-electron chi connectivity index (χ4n) is 1.98. The molecule has 0 unspecified atom stereocenters. The van der Waals surface area contributed by atoms with Gasteiger partial charge in [-0.25, -0.2) is 4.98 Å². The molecule has 2 aromatic heterocycles. The number of rotatable bonds is 1. The number of hydrogen-bond acceptors (Lipinski definition) is 1. The number of hydrogen-bond donors (Lipinski definition) is 0. The van der Waals surface area contributed by atoms with Crippen LogP contribution in [0.15, 0.2) is 22.8 Å². The number of fused-ring (bicyclic) bond motifs is 1. The minimum Gasteiger partial charge on any atom is -0.332 e. The van der Waals surface area contributed by atoms with Crippen molar-refractivity contribution in [2.45, 2.75) is 18.8 Å². The van der Waals surface area contributed by atoms with Gasteiger partial charge in [-0.1, -0.05) is 0 Å². The van der Waals surface area contributed by atoms with E-state index in [0.717, 1.165) is 16.0 Å². The Hall–Kier alpha value is -0.830. The van der Waals surface area contributed by atoms with Gasteiger partial charge in [0.25, 0.3) is 0 Å². The summed E-state index contributed by atoms with van der Waals surface area (Å²) in [5.74, 6) is 0.779. The molecule has 0 aromatic carbocycles. The fraction of sp³-hybridized carbons (Fsp3) is 0.364. The Kier molecular flexibility index (Phi) is 1.71. The molecule has 2 nitrogen and oxygen atoms in total. The minimum atomic E-state index is 0.779. The topological polar surface area (TPSA) is 17.8 Å². The van der Waals surface area contributed by atoms with Crippen LogP contribution >= 0.6 is 15.9 Å². The zero-order chi connectivity index (χ0) is 9.71. The first-order valence-electron chi connectivity index (χ1n) is 4.87. The lowest BCUT2D eigenvalue weighted by Crippen LogP contribution is -1.94. The highest BCUT2D eigenvalue weighted by molar-refractivity contribution is 9.10. The molecule has 0 aliphatic heterocycles. The van der Waals surface area contributed by atoms with Gasteiger partial charge < -0.3 is 4.57 Å². The Bertz CT molecular complexity index is 497. The van der Waals surface area contributed by atoms with E-state index >= 15 is 0 Å². The van der Waals surface area contributed by atoms with Crippen molar-refractivity contribution in [3.8, 4) is 0 Å². The second-order valence-electron chi connectivity index (χ2n) is 3.93. The molecule has 72 valence electrons. The van der Waals surface area contributed by atoms with E-state index in [1.807, 2.05) is 12.3 Å². The number of halogens is 1. The summed E-state index contributed by atoms with van der Waals surface area (Å²) in [6, 6.07) is 4.27. The van der Waals surface area contributed by atoms with Gasteiger partial charge in [0.05, 0.1) is 0 Å². The summed E-state index contributed by atoms with van der Waals surface area (Å²) in [5, 5.41) is 1.23. The molecule has 0 spiro atoms. The maximum Gasteiger partial charge on any atom is 0.140 e. The molecule has 0 N–H and O–H groups in total. The lowest BCUT2D eigenvalue weighted by Gasteiger charge is -2.00. The highest BCUT2D eigenvalue weighted by atomic mass is 79.9. The molecule has 0 saturated heterocycles. The highest BCUT2D eigenvalue weighted by Crippen LogP contribution is 2.42. The summed E-state index contributed by atoms with van der Waals surface area (Å²) >= 11 is 3.56. The van der Waals surface area contributed by atoms with Crippen LogP contribution in [0.25, 0.3) is 11.0 Å². The molecule has 1 fully saturated rings. The Morgan fingerprint density at radius 3 is 2.93 bits per heavy atom. The molecule has 14 heavy (non-hydrogen) atoms. The standard InChI is InChI=1S/C11H11BrN2/c1-14-10(7-2-3-7)6-8-9(12)4-5-13-11(8)14/h4-7H,2-3H2,1H3. The molecule has 1 aliphatic rings. The lowest BCUT2D eigenvalue weighted by atomic mass is 10.2. The van der Waals surface area contributed by atoms with Gasteiger partial charge in [-0.3, -0.25) is 0 Å². The molecule has 0 atom stereocenters. The number of pyridine rings is 1. The molecule has 1 aliphatic carbocycles. The van der Waals surface area contributed by atoms with Gasteiger partial charge in [0, 0.05) is 28.8 Å². The Morgan fingerprint density at radius 2 is 2.29 bits per heavy atom. The first-order chi connectivity index (χ1) is 6.77. The predicted octanol–water partition coefficient (Wildman–Crippen LogP) is 3.21. The van der Waals surface area contributed by atoms with Crippen LogP contribution in [-0.4, -0.2) is 9.55 Å². The van der Waals surface area contributed by atoms with Crippen LogP contribution in [0.4, 0.5) is 0 Å². The molecular weight excluding hydrogens is 240 g/mol. The van der Waals surface area contributed by atoms with Crippen molar-refractivity contribution in [2.75, 3.05) is 0 Å². The zero-order valence-corrected chi connectivity index (χ0v) is 9.58. The third kappa shape index (κ3) is 1.12. The summed E-state index contributed by atoms with van der Waals surface area (Å²) < 4.78 is 3.36. The van der Waals surface area contributed by atoms with E-state index in [2.05, 4.69) is 38.6 Å². The molecule has 3 rings (SSSR count). The van der Waals surface area contributed by atoms with E-state index in [1.165, 1.54) is 23.9 Å². The van der Waals surface area contributed by atoms with Crippen molar-refractivity contribution in [2.24, 2.45) is 7.05 Å². The first kappa shape index (κ1) is 8.48. The molecule has 0 radical (unpaired) electrons. The number of aryl methyl sites for hydroxylation is 1.